The van der Waals surface area contributed by atoms with Gasteiger partial charge in [-0.2, -0.15) is 0 Å². The Morgan fingerprint density at radius 1 is 1.12 bits per heavy atom. The highest BCUT2D eigenvalue weighted by Crippen LogP contribution is 2.32. The molecule has 0 bridgehead atoms. The summed E-state index contributed by atoms with van der Waals surface area (Å²) in [5, 5.41) is 9.36. The molecule has 1 aliphatic rings. The van der Waals surface area contributed by atoms with Crippen molar-refractivity contribution in [3.8, 4) is 0 Å². The zero-order chi connectivity index (χ0) is 17.8. The van der Waals surface area contributed by atoms with E-state index in [1.807, 2.05) is 30.3 Å². The van der Waals surface area contributed by atoms with E-state index in [2.05, 4.69) is 29.0 Å². The second-order valence-electron chi connectivity index (χ2n) is 6.43. The molecule has 2 unspecified atom stereocenters. The van der Waals surface area contributed by atoms with Crippen LogP contribution in [0.1, 0.15) is 27.5 Å². The maximum Gasteiger partial charge on any atom is 0.335 e. The van der Waals surface area contributed by atoms with Crippen LogP contribution in [-0.2, 0) is 4.74 Å². The fourth-order valence-electron chi connectivity index (χ4n) is 3.45. The first-order valence-electron chi connectivity index (χ1n) is 8.45. The topological polar surface area (TPSA) is 53.0 Å². The van der Waals surface area contributed by atoms with Crippen molar-refractivity contribution >= 4 is 5.97 Å². The Balaban J connectivity index is 2.04. The summed E-state index contributed by atoms with van der Waals surface area (Å²) in [7, 11) is 3.82. The number of carboxylic acid groups (broad SMARTS) is 1. The lowest BCUT2D eigenvalue weighted by atomic mass is 9.94. The molecule has 0 saturated carbocycles. The van der Waals surface area contributed by atoms with Crippen LogP contribution in [0.5, 0.6) is 0 Å². The van der Waals surface area contributed by atoms with Crippen LogP contribution in [0.4, 0.5) is 0 Å². The smallest absolute Gasteiger partial charge is 0.335 e. The quantitative estimate of drug-likeness (QED) is 0.907. The Morgan fingerprint density at radius 2 is 1.84 bits per heavy atom. The van der Waals surface area contributed by atoms with Gasteiger partial charge in [0.05, 0.1) is 11.6 Å². The summed E-state index contributed by atoms with van der Waals surface area (Å²) >= 11 is 0. The molecule has 3 rings (SSSR count). The van der Waals surface area contributed by atoms with Gasteiger partial charge in [-0.3, -0.25) is 4.90 Å². The third kappa shape index (κ3) is 3.90. The van der Waals surface area contributed by atoms with Crippen molar-refractivity contribution in [3.63, 3.8) is 0 Å². The molecule has 1 N–H and O–H groups in total. The minimum Gasteiger partial charge on any atom is -0.478 e. The molecule has 1 heterocycles. The van der Waals surface area contributed by atoms with Gasteiger partial charge in [0.1, 0.15) is 6.23 Å². The van der Waals surface area contributed by atoms with Gasteiger partial charge in [-0.05, 0) is 30.3 Å². The Hall–Kier alpha value is -2.21. The van der Waals surface area contributed by atoms with Crippen molar-refractivity contribution in [2.45, 2.75) is 12.3 Å². The Labute approximate surface area is 148 Å². The van der Waals surface area contributed by atoms with Crippen molar-refractivity contribution in [1.29, 1.82) is 0 Å². The van der Waals surface area contributed by atoms with Crippen LogP contribution >= 0.6 is 0 Å². The molecule has 25 heavy (non-hydrogen) atoms. The van der Waals surface area contributed by atoms with E-state index in [4.69, 9.17) is 4.74 Å². The van der Waals surface area contributed by atoms with E-state index in [0.717, 1.165) is 30.8 Å². The number of rotatable bonds is 5. The SMILES string of the molecule is COC1CN(C)CCN1C(c1ccccc1)c1cccc(C(=O)O)c1. The zero-order valence-corrected chi connectivity index (χ0v) is 14.6. The maximum absolute atomic E-state index is 11.4. The van der Waals surface area contributed by atoms with Crippen molar-refractivity contribution < 1.29 is 14.6 Å². The van der Waals surface area contributed by atoms with Crippen molar-refractivity contribution in [1.82, 2.24) is 9.80 Å². The number of carboxylic acids is 1. The van der Waals surface area contributed by atoms with Gasteiger partial charge in [-0.25, -0.2) is 4.79 Å². The van der Waals surface area contributed by atoms with Crippen LogP contribution in [0, 0.1) is 0 Å². The number of carbonyl (C=O) groups is 1. The molecule has 1 saturated heterocycles. The number of hydrogen-bond donors (Lipinski definition) is 1. The number of hydrogen-bond acceptors (Lipinski definition) is 4. The summed E-state index contributed by atoms with van der Waals surface area (Å²) in [6, 6.07) is 17.4. The van der Waals surface area contributed by atoms with Gasteiger partial charge in [-0.15, -0.1) is 0 Å². The second-order valence-corrected chi connectivity index (χ2v) is 6.43. The third-order valence-electron chi connectivity index (χ3n) is 4.75. The monoisotopic (exact) mass is 340 g/mol. The van der Waals surface area contributed by atoms with Crippen LogP contribution in [0.3, 0.4) is 0 Å². The molecule has 132 valence electrons. The molecule has 0 amide bonds. The summed E-state index contributed by atoms with van der Waals surface area (Å²) in [6.45, 7) is 2.62. The Bertz CT molecular complexity index is 720. The molecule has 5 nitrogen and oxygen atoms in total. The molecule has 2 aromatic rings. The highest BCUT2D eigenvalue weighted by Gasteiger charge is 2.33. The molecule has 1 fully saturated rings. The summed E-state index contributed by atoms with van der Waals surface area (Å²) in [6.07, 6.45) is -0.0440. The Kier molecular flexibility index (Phi) is 5.48. The largest absolute Gasteiger partial charge is 0.478 e. The average molecular weight is 340 g/mol. The number of benzene rings is 2. The van der Waals surface area contributed by atoms with E-state index in [1.165, 1.54) is 0 Å². The lowest BCUT2D eigenvalue weighted by Gasteiger charge is -2.43. The molecule has 0 aliphatic carbocycles. The van der Waals surface area contributed by atoms with E-state index in [9.17, 15) is 9.90 Å². The van der Waals surface area contributed by atoms with Crippen molar-refractivity contribution in [2.75, 3.05) is 33.8 Å². The lowest BCUT2D eigenvalue weighted by molar-refractivity contribution is -0.0896. The predicted octanol–water partition coefficient (Wildman–Crippen LogP) is 2.69. The van der Waals surface area contributed by atoms with Gasteiger partial charge in [0.25, 0.3) is 0 Å². The number of nitrogens with zero attached hydrogens (tertiary/aromatic N) is 2. The highest BCUT2D eigenvalue weighted by atomic mass is 16.5. The van der Waals surface area contributed by atoms with Crippen LogP contribution in [0.15, 0.2) is 54.6 Å². The third-order valence-corrected chi connectivity index (χ3v) is 4.75. The molecule has 2 aromatic carbocycles. The number of ether oxygens (including phenoxy) is 1. The van der Waals surface area contributed by atoms with Crippen LogP contribution in [0.2, 0.25) is 0 Å². The first-order chi connectivity index (χ1) is 12.1. The van der Waals surface area contributed by atoms with Gasteiger partial charge in [0.15, 0.2) is 0 Å². The molecule has 2 atom stereocenters. The molecular formula is C20H24N2O3. The summed E-state index contributed by atoms with van der Waals surface area (Å²) in [5.41, 5.74) is 2.41. The molecule has 1 aliphatic heterocycles. The molecule has 5 heteroatoms. The summed E-state index contributed by atoms with van der Waals surface area (Å²) < 4.78 is 5.74. The van der Waals surface area contributed by atoms with Crippen LogP contribution in [0.25, 0.3) is 0 Å². The van der Waals surface area contributed by atoms with E-state index >= 15 is 0 Å². The minimum atomic E-state index is -0.907. The number of methoxy groups -OCH3 is 1. The summed E-state index contributed by atoms with van der Waals surface area (Å²) in [4.78, 5) is 16.0. The van der Waals surface area contributed by atoms with Gasteiger partial charge < -0.3 is 14.7 Å². The van der Waals surface area contributed by atoms with Gasteiger partial charge >= 0.3 is 5.97 Å². The number of piperazine rings is 1. The van der Waals surface area contributed by atoms with Crippen molar-refractivity contribution in [2.24, 2.45) is 0 Å². The van der Waals surface area contributed by atoms with Gasteiger partial charge in [-0.1, -0.05) is 42.5 Å². The van der Waals surface area contributed by atoms with Crippen LogP contribution in [-0.4, -0.2) is 60.9 Å². The molecule has 0 radical (unpaired) electrons. The second kappa shape index (κ2) is 7.78. The minimum absolute atomic E-state index is 0.0425. The highest BCUT2D eigenvalue weighted by molar-refractivity contribution is 5.87. The fraction of sp³-hybridized carbons (Fsp3) is 0.350. The molecule has 0 spiro atoms. The van der Waals surface area contributed by atoms with Crippen molar-refractivity contribution in [3.05, 3.63) is 71.3 Å². The van der Waals surface area contributed by atoms with Gasteiger partial charge in [0, 0.05) is 26.7 Å². The van der Waals surface area contributed by atoms with E-state index in [1.54, 1.807) is 19.2 Å². The fourth-order valence-corrected chi connectivity index (χ4v) is 3.45. The predicted molar refractivity (Wildman–Crippen MR) is 96.7 cm³/mol. The Morgan fingerprint density at radius 3 is 2.52 bits per heavy atom. The molecule has 0 aromatic heterocycles. The standard InChI is InChI=1S/C20H24N2O3/c1-21-11-12-22(18(14-21)25-2)19(15-7-4-3-5-8-15)16-9-6-10-17(13-16)20(23)24/h3-10,13,18-19H,11-12,14H2,1-2H3,(H,23,24). The number of aromatic carboxylic acids is 1. The van der Waals surface area contributed by atoms with E-state index in [0.29, 0.717) is 5.56 Å². The van der Waals surface area contributed by atoms with E-state index in [-0.39, 0.29) is 12.3 Å². The summed E-state index contributed by atoms with van der Waals surface area (Å²) in [5.74, 6) is -0.907. The van der Waals surface area contributed by atoms with Gasteiger partial charge in [0.2, 0.25) is 0 Å². The normalized spacial score (nSPS) is 20.3. The maximum atomic E-state index is 11.4. The van der Waals surface area contributed by atoms with E-state index < -0.39 is 5.97 Å². The lowest BCUT2D eigenvalue weighted by Crippen LogP contribution is -2.53. The average Bonchev–Trinajstić information content (AvgIpc) is 2.64. The molecular weight excluding hydrogens is 316 g/mol. The van der Waals surface area contributed by atoms with Crippen LogP contribution < -0.4 is 0 Å². The number of likely N-dealkylation sites (N-methyl/N-ethyl adjacent to an activating group) is 1. The first kappa shape index (κ1) is 17.6. The zero-order valence-electron chi connectivity index (χ0n) is 14.6. The first-order valence-corrected chi connectivity index (χ1v) is 8.45.